The smallest absolute Gasteiger partial charge is 0.296 e. The third-order valence-corrected chi connectivity index (χ3v) is 7.88. The van der Waals surface area contributed by atoms with Gasteiger partial charge in [0, 0.05) is 35.8 Å². The number of benzene rings is 3. The van der Waals surface area contributed by atoms with Crippen LogP contribution in [0.1, 0.15) is 43.2 Å². The molecule has 1 aromatic heterocycles. The summed E-state index contributed by atoms with van der Waals surface area (Å²) in [4.78, 5) is 40.3. The Morgan fingerprint density at radius 2 is 1.48 bits per heavy atom. The van der Waals surface area contributed by atoms with Crippen LogP contribution >= 0.6 is 11.6 Å². The van der Waals surface area contributed by atoms with Crippen LogP contribution < -0.4 is 27.0 Å². The first-order valence-corrected chi connectivity index (χ1v) is 15.7. The van der Waals surface area contributed by atoms with E-state index in [2.05, 4.69) is 41.1 Å². The van der Waals surface area contributed by atoms with Gasteiger partial charge in [-0.1, -0.05) is 24.3 Å². The second-order valence-electron chi connectivity index (χ2n) is 10.4. The molecule has 0 saturated heterocycles. The molecule has 1 aliphatic rings. The van der Waals surface area contributed by atoms with Crippen LogP contribution in [-0.4, -0.2) is 78.9 Å². The van der Waals surface area contributed by atoms with Crippen LogP contribution in [0.2, 0.25) is 5.28 Å². The van der Waals surface area contributed by atoms with E-state index in [0.717, 1.165) is 19.4 Å². The average molecular weight is 668 g/mol. The van der Waals surface area contributed by atoms with Gasteiger partial charge in [-0.3, -0.25) is 19.0 Å². The molecule has 0 atom stereocenters. The summed E-state index contributed by atoms with van der Waals surface area (Å²) in [6, 6.07) is 12.0. The molecule has 14 nitrogen and oxygen atoms in total. The maximum Gasteiger partial charge on any atom is 0.296 e. The van der Waals surface area contributed by atoms with E-state index in [0.29, 0.717) is 16.9 Å². The van der Waals surface area contributed by atoms with Gasteiger partial charge in [0.15, 0.2) is 11.6 Å². The summed E-state index contributed by atoms with van der Waals surface area (Å²) in [6.45, 7) is 5.14. The zero-order chi connectivity index (χ0) is 33.8. The minimum atomic E-state index is -4.65. The highest BCUT2D eigenvalue weighted by atomic mass is 35.5. The zero-order valence-corrected chi connectivity index (χ0v) is 27.3. The fraction of sp³-hybridized carbons (Fsp3) is 0.233. The molecule has 0 unspecified atom stereocenters. The number of aryl methyl sites for hydroxylation is 2. The Morgan fingerprint density at radius 1 is 0.870 bits per heavy atom. The molecule has 7 N–H and O–H groups in total. The minimum absolute atomic E-state index is 0.0531. The number of anilines is 5. The molecule has 1 aliphatic carbocycles. The van der Waals surface area contributed by atoms with Crippen molar-refractivity contribution < 1.29 is 22.6 Å². The highest BCUT2D eigenvalue weighted by Gasteiger charge is 2.34. The topological polar surface area (TPSA) is 205 Å². The molecular formula is C30H34ClN9O5S. The van der Waals surface area contributed by atoms with E-state index in [-0.39, 0.29) is 62.3 Å². The molecule has 0 aliphatic heterocycles. The lowest BCUT2D eigenvalue weighted by atomic mass is 9.81. The van der Waals surface area contributed by atoms with Crippen LogP contribution in [0, 0.1) is 13.8 Å². The standard InChI is InChI=1S/C25H19ClN6O5S.C5H15N3/c1-11-9-17(19-20(21(11)27)23(34)15-6-4-3-5-14(15)22(19)33)30-13-7-8-18(38(35,36)37)16(10-13)31-25-29-12(2)28-24(26)32-25;1-6-4-8(3)5-7-2/h3-10,30H,27H2,1-2H3,(H,35,36,37)(H,28,29,31,32);6-7H,4-5H2,1-3H3. The van der Waals surface area contributed by atoms with E-state index >= 15 is 0 Å². The van der Waals surface area contributed by atoms with Gasteiger partial charge in [0.25, 0.3) is 10.1 Å². The molecular weight excluding hydrogens is 634 g/mol. The number of nitrogens with two attached hydrogens (primary N) is 1. The molecule has 3 aromatic carbocycles. The van der Waals surface area contributed by atoms with Gasteiger partial charge in [0.1, 0.15) is 10.7 Å². The lowest BCUT2D eigenvalue weighted by molar-refractivity contribution is 0.0980. The number of carbonyl (C=O) groups is 2. The Labute approximate surface area is 271 Å². The first-order valence-electron chi connectivity index (χ1n) is 13.9. The molecule has 0 bridgehead atoms. The van der Waals surface area contributed by atoms with Gasteiger partial charge in [-0.15, -0.1) is 0 Å². The second-order valence-corrected chi connectivity index (χ2v) is 12.1. The number of carbonyl (C=O) groups excluding carboxylic acids is 2. The van der Waals surface area contributed by atoms with Crippen molar-refractivity contribution in [2.75, 3.05) is 50.8 Å². The van der Waals surface area contributed by atoms with Crippen molar-refractivity contribution in [3.63, 3.8) is 0 Å². The van der Waals surface area contributed by atoms with E-state index in [1.807, 2.05) is 21.1 Å². The molecule has 0 fully saturated rings. The Bertz CT molecular complexity index is 1900. The molecule has 16 heteroatoms. The van der Waals surface area contributed by atoms with Gasteiger partial charge < -0.3 is 27.0 Å². The number of fused-ring (bicyclic) bond motifs is 2. The lowest BCUT2D eigenvalue weighted by Gasteiger charge is -2.24. The van der Waals surface area contributed by atoms with Crippen molar-refractivity contribution in [2.24, 2.45) is 0 Å². The molecule has 0 spiro atoms. The summed E-state index contributed by atoms with van der Waals surface area (Å²) in [5.41, 5.74) is 8.27. The SMILES string of the molecule is CNCN(C)CNC.Cc1nc(Cl)nc(Nc2cc(Nc3cc(C)c(N)c4c3C(=O)c3ccccc3C4=O)ccc2S(=O)(=O)O)n1. The van der Waals surface area contributed by atoms with Crippen LogP contribution in [0.25, 0.3) is 0 Å². The number of nitrogens with one attached hydrogen (secondary N) is 4. The lowest BCUT2D eigenvalue weighted by Crippen LogP contribution is -2.34. The van der Waals surface area contributed by atoms with Gasteiger partial charge in [-0.2, -0.15) is 18.4 Å². The maximum atomic E-state index is 13.5. The number of nitrogen functional groups attached to an aromatic ring is 1. The molecule has 242 valence electrons. The summed E-state index contributed by atoms with van der Waals surface area (Å²) in [5.74, 6) is -0.525. The number of hydrogen-bond acceptors (Lipinski definition) is 13. The first kappa shape index (κ1) is 34.4. The fourth-order valence-corrected chi connectivity index (χ4v) is 5.69. The predicted octanol–water partition coefficient (Wildman–Crippen LogP) is 3.51. The third kappa shape index (κ3) is 7.64. The van der Waals surface area contributed by atoms with Gasteiger partial charge in [-0.05, 0) is 76.4 Å². The Hall–Kier alpha value is -4.51. The van der Waals surface area contributed by atoms with Gasteiger partial charge >= 0.3 is 0 Å². The van der Waals surface area contributed by atoms with Crippen molar-refractivity contribution in [1.82, 2.24) is 30.5 Å². The fourth-order valence-electron chi connectivity index (χ4n) is 4.86. The van der Waals surface area contributed by atoms with Crippen LogP contribution in [0.3, 0.4) is 0 Å². The third-order valence-electron chi connectivity index (χ3n) is 6.80. The van der Waals surface area contributed by atoms with Crippen molar-refractivity contribution in [2.45, 2.75) is 18.7 Å². The van der Waals surface area contributed by atoms with E-state index in [1.54, 1.807) is 44.2 Å². The van der Waals surface area contributed by atoms with Crippen molar-refractivity contribution in [3.05, 3.63) is 87.5 Å². The first-order chi connectivity index (χ1) is 21.7. The maximum absolute atomic E-state index is 13.5. The highest BCUT2D eigenvalue weighted by Crippen LogP contribution is 2.39. The number of nitrogens with zero attached hydrogens (tertiary/aromatic N) is 4. The van der Waals surface area contributed by atoms with Gasteiger partial charge in [0.05, 0.1) is 22.5 Å². The van der Waals surface area contributed by atoms with E-state index in [1.165, 1.54) is 12.1 Å². The summed E-state index contributed by atoms with van der Waals surface area (Å²) < 4.78 is 33.8. The highest BCUT2D eigenvalue weighted by molar-refractivity contribution is 7.86. The quantitative estimate of drug-likeness (QED) is 0.0756. The van der Waals surface area contributed by atoms with Crippen molar-refractivity contribution in [1.29, 1.82) is 0 Å². The Balaban J connectivity index is 0.000000533. The van der Waals surface area contributed by atoms with Crippen LogP contribution in [-0.2, 0) is 10.1 Å². The molecule has 5 rings (SSSR count). The van der Waals surface area contributed by atoms with E-state index < -0.39 is 15.0 Å². The average Bonchev–Trinajstić information content (AvgIpc) is 2.97. The number of halogens is 1. The van der Waals surface area contributed by atoms with Crippen molar-refractivity contribution >= 4 is 62.0 Å². The predicted molar refractivity (Wildman–Crippen MR) is 177 cm³/mol. The zero-order valence-electron chi connectivity index (χ0n) is 25.8. The number of aromatic nitrogens is 3. The summed E-state index contributed by atoms with van der Waals surface area (Å²) in [6.07, 6.45) is 0. The molecule has 0 amide bonds. The largest absolute Gasteiger partial charge is 0.398 e. The van der Waals surface area contributed by atoms with Crippen LogP contribution in [0.5, 0.6) is 0 Å². The van der Waals surface area contributed by atoms with Gasteiger partial charge in [0.2, 0.25) is 11.2 Å². The number of rotatable bonds is 9. The Kier molecular flexibility index (Phi) is 10.7. The molecule has 4 aromatic rings. The molecule has 0 radical (unpaired) electrons. The summed E-state index contributed by atoms with van der Waals surface area (Å²) >= 11 is 5.89. The number of ketones is 2. The van der Waals surface area contributed by atoms with Gasteiger partial charge in [-0.25, -0.2) is 4.98 Å². The van der Waals surface area contributed by atoms with Crippen LogP contribution in [0.4, 0.5) is 28.7 Å². The Morgan fingerprint density at radius 3 is 2.04 bits per heavy atom. The number of hydrogen-bond donors (Lipinski definition) is 6. The molecule has 46 heavy (non-hydrogen) atoms. The van der Waals surface area contributed by atoms with E-state index in [4.69, 9.17) is 17.3 Å². The van der Waals surface area contributed by atoms with Crippen molar-refractivity contribution in [3.8, 4) is 0 Å². The summed E-state index contributed by atoms with van der Waals surface area (Å²) in [7, 11) is 1.27. The molecule has 1 heterocycles. The normalized spacial score (nSPS) is 12.3. The monoisotopic (exact) mass is 667 g/mol. The summed E-state index contributed by atoms with van der Waals surface area (Å²) in [5, 5.41) is 11.8. The molecule has 0 saturated carbocycles. The minimum Gasteiger partial charge on any atom is -0.398 e. The van der Waals surface area contributed by atoms with Crippen LogP contribution in [0.15, 0.2) is 53.4 Å². The van der Waals surface area contributed by atoms with E-state index in [9.17, 15) is 22.6 Å². The second kappa shape index (κ2) is 14.3.